The van der Waals surface area contributed by atoms with Crippen LogP contribution in [0.4, 0.5) is 0 Å². The number of unbranched alkanes of at least 4 members (excludes halogenated alkanes) is 2. The Morgan fingerprint density at radius 3 is 2.12 bits per heavy atom. The van der Waals surface area contributed by atoms with Crippen LogP contribution in [0.5, 0.6) is 0 Å². The monoisotopic (exact) mass is 624 g/mol. The average Bonchev–Trinajstić information content (AvgIpc) is 3.18. The van der Waals surface area contributed by atoms with Crippen molar-refractivity contribution in [2.24, 2.45) is 11.8 Å². The van der Waals surface area contributed by atoms with Gasteiger partial charge in [-0.2, -0.15) is 0 Å². The summed E-state index contributed by atoms with van der Waals surface area (Å²) in [5.41, 5.74) is 0. The topological polar surface area (TPSA) is 57.2 Å². The molecule has 1 unspecified atom stereocenters. The molecule has 1 saturated carbocycles. The lowest BCUT2D eigenvalue weighted by atomic mass is 9.89. The standard InChI is InChI=1S/C35H68O5Si2/c1-12-13-15-20-28(36)23-24-30-29(21-16-14-18-25-37-33-22-17-19-26-38-33)31(39-41(8,9)34(2,3)4)27-32(30)40-42(10,11)35(5,6)7/h14,16,23-24,28-33,36H,12-13,15,17-22,25-27H2,1-11H3/b16-14-,24-23+/t28-,29-,30+,31-,32+,33?/m0/s1. The quantitative estimate of drug-likeness (QED) is 0.105. The summed E-state index contributed by atoms with van der Waals surface area (Å²) in [4.78, 5) is 0. The van der Waals surface area contributed by atoms with Gasteiger partial charge in [-0.3, -0.25) is 0 Å². The van der Waals surface area contributed by atoms with Gasteiger partial charge >= 0.3 is 0 Å². The molecule has 2 rings (SSSR count). The molecule has 2 aliphatic rings. The molecule has 1 aliphatic heterocycles. The molecule has 7 heteroatoms. The fourth-order valence-electron chi connectivity index (χ4n) is 5.47. The lowest BCUT2D eigenvalue weighted by Gasteiger charge is -2.40. The number of hydrogen-bond acceptors (Lipinski definition) is 5. The lowest BCUT2D eigenvalue weighted by molar-refractivity contribution is -0.161. The Morgan fingerprint density at radius 2 is 1.55 bits per heavy atom. The molecule has 0 aromatic carbocycles. The molecule has 246 valence electrons. The van der Waals surface area contributed by atoms with Crippen molar-refractivity contribution in [3.05, 3.63) is 24.3 Å². The maximum Gasteiger partial charge on any atom is 0.192 e. The first-order chi connectivity index (χ1) is 19.5. The third-order valence-corrected chi connectivity index (χ3v) is 19.3. The van der Waals surface area contributed by atoms with Gasteiger partial charge in [-0.25, -0.2) is 0 Å². The zero-order valence-electron chi connectivity index (χ0n) is 29.3. The van der Waals surface area contributed by atoms with Crippen LogP contribution in [0.15, 0.2) is 24.3 Å². The van der Waals surface area contributed by atoms with Crippen molar-refractivity contribution in [1.82, 2.24) is 0 Å². The molecule has 42 heavy (non-hydrogen) atoms. The molecule has 0 spiro atoms. The highest BCUT2D eigenvalue weighted by atomic mass is 28.4. The molecular formula is C35H68O5Si2. The Kier molecular flexibility index (Phi) is 15.2. The van der Waals surface area contributed by atoms with E-state index in [-0.39, 0.29) is 34.5 Å². The smallest absolute Gasteiger partial charge is 0.192 e. The zero-order chi connectivity index (χ0) is 31.6. The summed E-state index contributed by atoms with van der Waals surface area (Å²) >= 11 is 0. The largest absolute Gasteiger partial charge is 0.414 e. The van der Waals surface area contributed by atoms with E-state index in [0.29, 0.717) is 12.5 Å². The van der Waals surface area contributed by atoms with Crippen LogP contribution in [0, 0.1) is 11.8 Å². The Hall–Kier alpha value is -0.286. The van der Waals surface area contributed by atoms with E-state index in [1.807, 2.05) is 0 Å². The molecule has 0 radical (unpaired) electrons. The van der Waals surface area contributed by atoms with Gasteiger partial charge in [-0.1, -0.05) is 92.0 Å². The van der Waals surface area contributed by atoms with E-state index in [2.05, 4.69) is 99.0 Å². The molecule has 0 aromatic heterocycles. The van der Waals surface area contributed by atoms with E-state index >= 15 is 0 Å². The van der Waals surface area contributed by atoms with E-state index in [0.717, 1.165) is 58.0 Å². The van der Waals surface area contributed by atoms with E-state index in [1.54, 1.807) is 0 Å². The van der Waals surface area contributed by atoms with Crippen molar-refractivity contribution in [2.45, 2.75) is 174 Å². The van der Waals surface area contributed by atoms with Crippen molar-refractivity contribution in [3.63, 3.8) is 0 Å². The highest BCUT2D eigenvalue weighted by Gasteiger charge is 2.50. The number of aliphatic hydroxyl groups excluding tert-OH is 1. The molecule has 2 fully saturated rings. The Bertz CT molecular complexity index is 820. The van der Waals surface area contributed by atoms with Crippen LogP contribution in [0.2, 0.25) is 36.3 Å². The fraction of sp³-hybridized carbons (Fsp3) is 0.886. The normalized spacial score (nSPS) is 27.4. The average molecular weight is 625 g/mol. The van der Waals surface area contributed by atoms with Crippen molar-refractivity contribution >= 4 is 16.6 Å². The first-order valence-corrected chi connectivity index (χ1v) is 22.9. The summed E-state index contributed by atoms with van der Waals surface area (Å²) in [6.45, 7) is 27.1. The van der Waals surface area contributed by atoms with Gasteiger partial charge in [0.15, 0.2) is 22.9 Å². The summed E-state index contributed by atoms with van der Waals surface area (Å²) in [5, 5.41) is 11.1. The Labute approximate surface area is 262 Å². The summed E-state index contributed by atoms with van der Waals surface area (Å²) < 4.78 is 26.0. The van der Waals surface area contributed by atoms with Crippen LogP contribution >= 0.6 is 0 Å². The van der Waals surface area contributed by atoms with Crippen molar-refractivity contribution in [2.75, 3.05) is 13.2 Å². The number of hydrogen-bond donors (Lipinski definition) is 1. The molecule has 0 aromatic rings. The third-order valence-electron chi connectivity index (χ3n) is 10.3. The molecular weight excluding hydrogens is 557 g/mol. The van der Waals surface area contributed by atoms with E-state index in [4.69, 9.17) is 18.3 Å². The van der Waals surface area contributed by atoms with Gasteiger partial charge in [0.2, 0.25) is 0 Å². The van der Waals surface area contributed by atoms with Gasteiger partial charge in [0.25, 0.3) is 0 Å². The predicted octanol–water partition coefficient (Wildman–Crippen LogP) is 9.78. The first kappa shape index (κ1) is 37.9. The van der Waals surface area contributed by atoms with Crippen LogP contribution in [0.25, 0.3) is 0 Å². The minimum absolute atomic E-state index is 0.0316. The van der Waals surface area contributed by atoms with Gasteiger partial charge in [0, 0.05) is 12.5 Å². The number of allylic oxidation sites excluding steroid dienone is 1. The van der Waals surface area contributed by atoms with Gasteiger partial charge < -0.3 is 23.4 Å². The number of rotatable bonds is 16. The van der Waals surface area contributed by atoms with Crippen LogP contribution in [0.3, 0.4) is 0 Å². The second-order valence-corrected chi connectivity index (χ2v) is 25.4. The molecule has 5 nitrogen and oxygen atoms in total. The molecule has 1 saturated heterocycles. The molecule has 1 aliphatic carbocycles. The molecule has 6 atom stereocenters. The van der Waals surface area contributed by atoms with Gasteiger partial charge in [0.1, 0.15) is 0 Å². The van der Waals surface area contributed by atoms with E-state index in [1.165, 1.54) is 12.8 Å². The lowest BCUT2D eigenvalue weighted by Crippen LogP contribution is -2.45. The van der Waals surface area contributed by atoms with Gasteiger partial charge in [-0.15, -0.1) is 0 Å². The van der Waals surface area contributed by atoms with E-state index in [9.17, 15) is 5.11 Å². The summed E-state index contributed by atoms with van der Waals surface area (Å²) in [6, 6.07) is 0. The molecule has 0 amide bonds. The molecule has 0 bridgehead atoms. The molecule has 1 heterocycles. The zero-order valence-corrected chi connectivity index (χ0v) is 31.3. The minimum Gasteiger partial charge on any atom is -0.414 e. The van der Waals surface area contributed by atoms with Crippen LogP contribution in [0.1, 0.15) is 113 Å². The second kappa shape index (κ2) is 16.9. The number of aliphatic hydroxyl groups is 1. The van der Waals surface area contributed by atoms with Gasteiger partial charge in [-0.05, 0) is 87.1 Å². The van der Waals surface area contributed by atoms with Crippen LogP contribution in [-0.2, 0) is 18.3 Å². The van der Waals surface area contributed by atoms with Crippen molar-refractivity contribution in [1.29, 1.82) is 0 Å². The van der Waals surface area contributed by atoms with Crippen LogP contribution in [-0.4, -0.2) is 59.6 Å². The summed E-state index contributed by atoms with van der Waals surface area (Å²) in [6.07, 6.45) is 19.1. The SMILES string of the molecule is CCCCC[C@H](O)/C=C/[C@@H]1[C@H](C/C=C\CCOC2CCCCO2)[C@@H](O[Si](C)(C)C(C)(C)C)C[C@H]1O[Si](C)(C)C(C)(C)C. The summed E-state index contributed by atoms with van der Waals surface area (Å²) in [5.74, 6) is 0.526. The minimum atomic E-state index is -2.00. The van der Waals surface area contributed by atoms with E-state index < -0.39 is 22.7 Å². The highest BCUT2D eigenvalue weighted by Crippen LogP contribution is 2.47. The fourth-order valence-corrected chi connectivity index (χ4v) is 8.22. The van der Waals surface area contributed by atoms with Crippen molar-refractivity contribution in [3.8, 4) is 0 Å². The second-order valence-electron chi connectivity index (χ2n) is 15.9. The highest BCUT2D eigenvalue weighted by molar-refractivity contribution is 6.74. The summed E-state index contributed by atoms with van der Waals surface area (Å²) in [7, 11) is -3.99. The maximum absolute atomic E-state index is 10.8. The Balaban J connectivity index is 2.27. The predicted molar refractivity (Wildman–Crippen MR) is 183 cm³/mol. The van der Waals surface area contributed by atoms with Gasteiger partial charge in [0.05, 0.1) is 24.9 Å². The third kappa shape index (κ3) is 11.9. The maximum atomic E-state index is 10.8. The molecule has 1 N–H and O–H groups in total. The Morgan fingerprint density at radius 1 is 0.905 bits per heavy atom. The van der Waals surface area contributed by atoms with Crippen LogP contribution < -0.4 is 0 Å². The number of ether oxygens (including phenoxy) is 2. The first-order valence-electron chi connectivity index (χ1n) is 17.1. The van der Waals surface area contributed by atoms with Crippen molar-refractivity contribution < 1.29 is 23.4 Å².